The van der Waals surface area contributed by atoms with Gasteiger partial charge < -0.3 is 10.1 Å². The van der Waals surface area contributed by atoms with Gasteiger partial charge in [0.2, 0.25) is 15.9 Å². The SMILES string of the molecule is Cc1cccc(N([C@@H](C)C(=O)NCCCc2ccc(OC(C)C)cc2)S(C)(=O)=O)c1. The Balaban J connectivity index is 1.91. The molecule has 0 unspecified atom stereocenters. The average molecular weight is 433 g/mol. The van der Waals surface area contributed by atoms with Crippen LogP contribution >= 0.6 is 0 Å². The highest BCUT2D eigenvalue weighted by Crippen LogP contribution is 2.22. The van der Waals surface area contributed by atoms with Gasteiger partial charge in [0, 0.05) is 6.54 Å². The highest BCUT2D eigenvalue weighted by atomic mass is 32.2. The van der Waals surface area contributed by atoms with E-state index in [1.54, 1.807) is 25.1 Å². The molecule has 2 aromatic rings. The largest absolute Gasteiger partial charge is 0.491 e. The number of rotatable bonds is 10. The zero-order chi connectivity index (χ0) is 22.3. The predicted molar refractivity (Wildman–Crippen MR) is 122 cm³/mol. The van der Waals surface area contributed by atoms with Crippen molar-refractivity contribution in [1.82, 2.24) is 5.32 Å². The molecule has 0 aliphatic rings. The number of nitrogens with one attached hydrogen (secondary N) is 1. The summed E-state index contributed by atoms with van der Waals surface area (Å²) >= 11 is 0. The van der Waals surface area contributed by atoms with Gasteiger partial charge in [0.05, 0.1) is 18.0 Å². The fraction of sp³-hybridized carbons (Fsp3) is 0.435. The van der Waals surface area contributed by atoms with E-state index >= 15 is 0 Å². The quantitative estimate of drug-likeness (QED) is 0.581. The zero-order valence-electron chi connectivity index (χ0n) is 18.4. The van der Waals surface area contributed by atoms with Crippen LogP contribution in [-0.4, -0.2) is 39.3 Å². The number of nitrogens with zero attached hydrogens (tertiary/aromatic N) is 1. The van der Waals surface area contributed by atoms with E-state index in [2.05, 4.69) is 5.32 Å². The molecule has 1 N–H and O–H groups in total. The van der Waals surface area contributed by atoms with Gasteiger partial charge in [-0.1, -0.05) is 24.3 Å². The van der Waals surface area contributed by atoms with Crippen molar-refractivity contribution in [3.8, 4) is 5.75 Å². The molecule has 0 heterocycles. The van der Waals surface area contributed by atoms with Crippen LogP contribution in [0.5, 0.6) is 5.75 Å². The first-order valence-corrected chi connectivity index (χ1v) is 12.0. The van der Waals surface area contributed by atoms with Crippen molar-refractivity contribution in [1.29, 1.82) is 0 Å². The highest BCUT2D eigenvalue weighted by molar-refractivity contribution is 7.92. The van der Waals surface area contributed by atoms with Crippen LogP contribution in [0.25, 0.3) is 0 Å². The average Bonchev–Trinajstić information content (AvgIpc) is 2.65. The van der Waals surface area contributed by atoms with E-state index in [0.29, 0.717) is 12.2 Å². The number of amides is 1. The highest BCUT2D eigenvalue weighted by Gasteiger charge is 2.28. The molecule has 1 atom stereocenters. The van der Waals surface area contributed by atoms with Crippen LogP contribution in [-0.2, 0) is 21.2 Å². The van der Waals surface area contributed by atoms with Gasteiger partial charge in [0.15, 0.2) is 0 Å². The topological polar surface area (TPSA) is 75.7 Å². The first-order valence-electron chi connectivity index (χ1n) is 10.2. The third-order valence-corrected chi connectivity index (χ3v) is 5.82. The van der Waals surface area contributed by atoms with Gasteiger partial charge in [0.1, 0.15) is 11.8 Å². The van der Waals surface area contributed by atoms with E-state index < -0.39 is 16.1 Å². The number of hydrogen-bond donors (Lipinski definition) is 1. The molecule has 0 aliphatic carbocycles. The van der Waals surface area contributed by atoms with E-state index in [1.807, 2.05) is 51.1 Å². The molecule has 6 nitrogen and oxygen atoms in total. The summed E-state index contributed by atoms with van der Waals surface area (Å²) in [4.78, 5) is 12.6. The molecule has 0 aromatic heterocycles. The number of benzene rings is 2. The molecule has 0 fully saturated rings. The summed E-state index contributed by atoms with van der Waals surface area (Å²) in [6.07, 6.45) is 2.82. The molecular weight excluding hydrogens is 400 g/mol. The van der Waals surface area contributed by atoms with Gasteiger partial charge in [-0.05, 0) is 75.9 Å². The zero-order valence-corrected chi connectivity index (χ0v) is 19.2. The fourth-order valence-electron chi connectivity index (χ4n) is 3.23. The predicted octanol–water partition coefficient (Wildman–Crippen LogP) is 3.69. The second-order valence-corrected chi connectivity index (χ2v) is 9.64. The van der Waals surface area contributed by atoms with Crippen molar-refractivity contribution in [2.45, 2.75) is 52.7 Å². The Labute approximate surface area is 180 Å². The smallest absolute Gasteiger partial charge is 0.243 e. The maximum absolute atomic E-state index is 12.6. The van der Waals surface area contributed by atoms with E-state index in [4.69, 9.17) is 4.74 Å². The molecule has 7 heteroatoms. The lowest BCUT2D eigenvalue weighted by molar-refractivity contribution is -0.121. The van der Waals surface area contributed by atoms with Crippen LogP contribution in [0.1, 0.15) is 38.3 Å². The maximum Gasteiger partial charge on any atom is 0.243 e. The molecule has 1 amide bonds. The fourth-order valence-corrected chi connectivity index (χ4v) is 4.40. The number of anilines is 1. The van der Waals surface area contributed by atoms with Crippen LogP contribution < -0.4 is 14.4 Å². The van der Waals surface area contributed by atoms with E-state index in [9.17, 15) is 13.2 Å². The molecule has 0 spiro atoms. The number of sulfonamides is 1. The molecule has 0 saturated carbocycles. The van der Waals surface area contributed by atoms with Gasteiger partial charge in [-0.3, -0.25) is 9.10 Å². The van der Waals surface area contributed by atoms with Gasteiger partial charge in [-0.2, -0.15) is 0 Å². The van der Waals surface area contributed by atoms with E-state index in [1.165, 1.54) is 4.31 Å². The monoisotopic (exact) mass is 432 g/mol. The third kappa shape index (κ3) is 7.06. The van der Waals surface area contributed by atoms with Gasteiger partial charge in [-0.15, -0.1) is 0 Å². The third-order valence-electron chi connectivity index (χ3n) is 4.58. The Kier molecular flexibility index (Phi) is 8.29. The van der Waals surface area contributed by atoms with Crippen LogP contribution in [0, 0.1) is 6.92 Å². The molecule has 0 bridgehead atoms. The minimum atomic E-state index is -3.60. The number of carbonyl (C=O) groups excluding carboxylic acids is 1. The second kappa shape index (κ2) is 10.5. The lowest BCUT2D eigenvalue weighted by Gasteiger charge is -2.28. The molecule has 164 valence electrons. The van der Waals surface area contributed by atoms with Crippen LogP contribution in [0.15, 0.2) is 48.5 Å². The number of aryl methyl sites for hydroxylation is 2. The Morgan fingerprint density at radius 2 is 1.77 bits per heavy atom. The van der Waals surface area contributed by atoms with E-state index in [0.717, 1.165) is 36.0 Å². The normalized spacial score (nSPS) is 12.5. The van der Waals surface area contributed by atoms with Crippen molar-refractivity contribution in [3.05, 3.63) is 59.7 Å². The standard InChI is InChI=1S/C23H32N2O4S/c1-17(2)29-22-13-11-20(12-14-22)9-7-15-24-23(26)19(4)25(30(5,27)28)21-10-6-8-18(3)16-21/h6,8,10-14,16-17,19H,7,9,15H2,1-5H3,(H,24,26)/t19-/m0/s1. The summed E-state index contributed by atoms with van der Waals surface area (Å²) < 4.78 is 31.5. The van der Waals surface area contributed by atoms with Crippen LogP contribution in [0.4, 0.5) is 5.69 Å². The van der Waals surface area contributed by atoms with Crippen molar-refractivity contribution in [2.24, 2.45) is 0 Å². The first kappa shape index (κ1) is 23.7. The van der Waals surface area contributed by atoms with Crippen molar-refractivity contribution in [3.63, 3.8) is 0 Å². The Hall–Kier alpha value is -2.54. The second-order valence-electron chi connectivity index (χ2n) is 7.78. The Morgan fingerprint density at radius 1 is 1.10 bits per heavy atom. The van der Waals surface area contributed by atoms with Gasteiger partial charge in [0.25, 0.3) is 0 Å². The van der Waals surface area contributed by atoms with Crippen molar-refractivity contribution < 1.29 is 17.9 Å². The van der Waals surface area contributed by atoms with Gasteiger partial charge >= 0.3 is 0 Å². The van der Waals surface area contributed by atoms with Crippen LogP contribution in [0.3, 0.4) is 0 Å². The molecule has 2 rings (SSSR count). The lowest BCUT2D eigenvalue weighted by Crippen LogP contribution is -2.48. The lowest BCUT2D eigenvalue weighted by atomic mass is 10.1. The van der Waals surface area contributed by atoms with Crippen LogP contribution in [0.2, 0.25) is 0 Å². The minimum absolute atomic E-state index is 0.138. The molecule has 30 heavy (non-hydrogen) atoms. The summed E-state index contributed by atoms with van der Waals surface area (Å²) in [6.45, 7) is 7.93. The summed E-state index contributed by atoms with van der Waals surface area (Å²) in [7, 11) is -3.60. The number of carbonyl (C=O) groups is 1. The Morgan fingerprint density at radius 3 is 2.33 bits per heavy atom. The molecule has 0 aliphatic heterocycles. The number of hydrogen-bond acceptors (Lipinski definition) is 4. The summed E-state index contributed by atoms with van der Waals surface area (Å²) in [5.74, 6) is 0.524. The summed E-state index contributed by atoms with van der Waals surface area (Å²) in [6, 6.07) is 14.2. The maximum atomic E-state index is 12.6. The first-order chi connectivity index (χ1) is 14.1. The van der Waals surface area contributed by atoms with Crippen molar-refractivity contribution in [2.75, 3.05) is 17.1 Å². The van der Waals surface area contributed by atoms with E-state index in [-0.39, 0.29) is 12.0 Å². The Bertz CT molecular complexity index is 940. The molecule has 2 aromatic carbocycles. The van der Waals surface area contributed by atoms with Gasteiger partial charge in [-0.25, -0.2) is 8.42 Å². The summed E-state index contributed by atoms with van der Waals surface area (Å²) in [5, 5.41) is 2.86. The number of ether oxygens (including phenoxy) is 1. The minimum Gasteiger partial charge on any atom is -0.491 e. The summed E-state index contributed by atoms with van der Waals surface area (Å²) in [5.41, 5.74) is 2.58. The molecule has 0 radical (unpaired) electrons. The van der Waals surface area contributed by atoms with Crippen molar-refractivity contribution >= 4 is 21.6 Å². The molecule has 0 saturated heterocycles. The molecular formula is C23H32N2O4S.